The first-order chi connectivity index (χ1) is 13.6. The zero-order valence-corrected chi connectivity index (χ0v) is 16.2. The number of rotatable bonds is 3. The van der Waals surface area contributed by atoms with Crippen molar-refractivity contribution in [1.82, 2.24) is 0 Å². The van der Waals surface area contributed by atoms with Crippen LogP contribution in [0.1, 0.15) is 49.1 Å². The maximum atomic E-state index is 13.6. The molecule has 0 bridgehead atoms. The van der Waals surface area contributed by atoms with Gasteiger partial charge >= 0.3 is 0 Å². The Kier molecular flexibility index (Phi) is 5.42. The van der Waals surface area contributed by atoms with Crippen molar-refractivity contribution in [2.24, 2.45) is 4.99 Å². The van der Waals surface area contributed by atoms with Gasteiger partial charge in [-0.1, -0.05) is 19.3 Å². The number of halogens is 1. The van der Waals surface area contributed by atoms with Crippen LogP contribution < -0.4 is 10.2 Å². The summed E-state index contributed by atoms with van der Waals surface area (Å²) in [5.41, 5.74) is 4.57. The second-order valence-electron chi connectivity index (χ2n) is 7.70. The van der Waals surface area contributed by atoms with Gasteiger partial charge in [-0.25, -0.2) is 4.39 Å². The minimum atomic E-state index is -0.556. The van der Waals surface area contributed by atoms with Gasteiger partial charge in [-0.15, -0.1) is 0 Å². The van der Waals surface area contributed by atoms with E-state index < -0.39 is 5.92 Å². The van der Waals surface area contributed by atoms with Gasteiger partial charge in [0.05, 0.1) is 5.69 Å². The molecule has 1 fully saturated rings. The summed E-state index contributed by atoms with van der Waals surface area (Å²) in [5, 5.41) is 2.78. The third kappa shape index (κ3) is 3.93. The van der Waals surface area contributed by atoms with Crippen LogP contribution in [-0.4, -0.2) is 25.2 Å². The van der Waals surface area contributed by atoms with Crippen LogP contribution in [-0.2, 0) is 4.79 Å². The molecule has 4 rings (SSSR count). The Morgan fingerprint density at radius 3 is 2.57 bits per heavy atom. The van der Waals surface area contributed by atoms with E-state index in [1.165, 1.54) is 55.5 Å². The summed E-state index contributed by atoms with van der Waals surface area (Å²) < 4.78 is 13.6. The van der Waals surface area contributed by atoms with E-state index in [1.54, 1.807) is 12.3 Å². The number of aliphatic imine (C=N–C) groups is 1. The number of nitrogens with zero attached hydrogens (tertiary/aromatic N) is 2. The highest BCUT2D eigenvalue weighted by Gasteiger charge is 2.29. The third-order valence-electron chi connectivity index (χ3n) is 5.64. The molecular formula is C23H26FN3O. The average Bonchev–Trinajstić information content (AvgIpc) is 2.95. The Balaban J connectivity index is 1.52. The molecule has 2 aromatic rings. The Morgan fingerprint density at radius 2 is 1.82 bits per heavy atom. The van der Waals surface area contributed by atoms with E-state index >= 15 is 0 Å². The molecule has 4 nitrogen and oxygen atoms in total. The molecule has 2 aromatic carbocycles. The summed E-state index contributed by atoms with van der Waals surface area (Å²) >= 11 is 0. The van der Waals surface area contributed by atoms with Crippen LogP contribution in [0.3, 0.4) is 0 Å². The number of anilines is 2. The van der Waals surface area contributed by atoms with Gasteiger partial charge in [-0.2, -0.15) is 0 Å². The van der Waals surface area contributed by atoms with Crippen LogP contribution >= 0.6 is 0 Å². The molecule has 0 aromatic heterocycles. The Hall–Kier alpha value is -2.69. The van der Waals surface area contributed by atoms with Crippen LogP contribution in [0.5, 0.6) is 0 Å². The number of nitrogens with one attached hydrogen (secondary N) is 1. The molecule has 2 aliphatic heterocycles. The minimum Gasteiger partial charge on any atom is -0.371 e. The molecule has 1 N–H and O–H groups in total. The first-order valence-corrected chi connectivity index (χ1v) is 10.1. The predicted octanol–water partition coefficient (Wildman–Crippen LogP) is 5.34. The van der Waals surface area contributed by atoms with Crippen molar-refractivity contribution < 1.29 is 9.18 Å². The summed E-state index contributed by atoms with van der Waals surface area (Å²) in [4.78, 5) is 19.2. The molecular weight excluding hydrogens is 353 g/mol. The molecule has 5 heteroatoms. The zero-order valence-electron chi connectivity index (χ0n) is 16.2. The second-order valence-corrected chi connectivity index (χ2v) is 7.70. The number of fused-ring (bicyclic) bond motifs is 1. The lowest BCUT2D eigenvalue weighted by molar-refractivity contribution is -0.115. The van der Waals surface area contributed by atoms with Crippen LogP contribution in [0.4, 0.5) is 21.5 Å². The first kappa shape index (κ1) is 18.7. The lowest BCUT2D eigenvalue weighted by Gasteiger charge is -2.28. The van der Waals surface area contributed by atoms with E-state index in [9.17, 15) is 9.18 Å². The van der Waals surface area contributed by atoms with Gasteiger partial charge in [0.2, 0.25) is 5.91 Å². The van der Waals surface area contributed by atoms with Gasteiger partial charge in [-0.3, -0.25) is 9.79 Å². The Labute approximate surface area is 165 Å². The summed E-state index contributed by atoms with van der Waals surface area (Å²) in [7, 11) is 0. The van der Waals surface area contributed by atoms with Crippen molar-refractivity contribution in [3.63, 3.8) is 0 Å². The molecule has 2 aliphatic rings. The van der Waals surface area contributed by atoms with E-state index in [0.29, 0.717) is 11.3 Å². The van der Waals surface area contributed by atoms with Crippen molar-refractivity contribution in [2.45, 2.75) is 44.9 Å². The molecule has 1 unspecified atom stereocenters. The van der Waals surface area contributed by atoms with Gasteiger partial charge in [0.1, 0.15) is 11.7 Å². The zero-order chi connectivity index (χ0) is 19.5. The summed E-state index contributed by atoms with van der Waals surface area (Å²) in [6.45, 7) is 4.32. The average molecular weight is 379 g/mol. The molecule has 0 aliphatic carbocycles. The van der Waals surface area contributed by atoms with E-state index in [2.05, 4.69) is 34.3 Å². The highest BCUT2D eigenvalue weighted by molar-refractivity contribution is 6.12. The number of aryl methyl sites for hydroxylation is 1. The number of amides is 1. The highest BCUT2D eigenvalue weighted by atomic mass is 19.1. The van der Waals surface area contributed by atoms with E-state index in [-0.39, 0.29) is 11.7 Å². The molecule has 2 heterocycles. The predicted molar refractivity (Wildman–Crippen MR) is 112 cm³/mol. The van der Waals surface area contributed by atoms with Crippen molar-refractivity contribution in [3.8, 4) is 0 Å². The fourth-order valence-corrected chi connectivity index (χ4v) is 4.13. The smallest absolute Gasteiger partial charge is 0.237 e. The molecule has 0 radical (unpaired) electrons. The number of hydrogen-bond donors (Lipinski definition) is 1. The molecule has 146 valence electrons. The molecule has 1 atom stereocenters. The van der Waals surface area contributed by atoms with Crippen LogP contribution in [0, 0.1) is 12.7 Å². The molecule has 1 amide bonds. The number of carbonyl (C=O) groups is 1. The molecule has 1 saturated heterocycles. The van der Waals surface area contributed by atoms with E-state index in [4.69, 9.17) is 0 Å². The standard InChI is InChI=1S/C23H26FN3O/c1-16-13-18(8-10-22(16)27-11-5-3-2-4-6-12-27)25-15-20-19-14-17(24)7-9-21(19)26-23(20)28/h7-10,13-15,20H,2-6,11-12H2,1H3,(H,26,28). The van der Waals surface area contributed by atoms with Crippen molar-refractivity contribution >= 4 is 29.2 Å². The fourth-order valence-electron chi connectivity index (χ4n) is 4.13. The maximum absolute atomic E-state index is 13.6. The third-order valence-corrected chi connectivity index (χ3v) is 5.64. The lowest BCUT2D eigenvalue weighted by atomic mass is 10.0. The quantitative estimate of drug-likeness (QED) is 0.731. The minimum absolute atomic E-state index is 0.168. The molecule has 28 heavy (non-hydrogen) atoms. The van der Waals surface area contributed by atoms with Crippen LogP contribution in [0.25, 0.3) is 0 Å². The fraction of sp³-hybridized carbons (Fsp3) is 0.391. The van der Waals surface area contributed by atoms with Gasteiger partial charge in [-0.05, 0) is 67.3 Å². The van der Waals surface area contributed by atoms with Gasteiger partial charge in [0.15, 0.2) is 0 Å². The second kappa shape index (κ2) is 8.13. The van der Waals surface area contributed by atoms with E-state index in [1.807, 2.05) is 6.07 Å². The van der Waals surface area contributed by atoms with Gasteiger partial charge in [0.25, 0.3) is 0 Å². The van der Waals surface area contributed by atoms with Gasteiger partial charge < -0.3 is 10.2 Å². The van der Waals surface area contributed by atoms with Gasteiger partial charge in [0, 0.05) is 30.7 Å². The first-order valence-electron chi connectivity index (χ1n) is 10.1. The summed E-state index contributed by atoms with van der Waals surface area (Å²) in [6, 6.07) is 10.5. The van der Waals surface area contributed by atoms with Crippen molar-refractivity contribution in [3.05, 3.63) is 53.3 Å². The SMILES string of the molecule is Cc1cc(N=CC2C(=O)Nc3ccc(F)cc32)ccc1N1CCCCCCC1. The van der Waals surface area contributed by atoms with Crippen LogP contribution in [0.2, 0.25) is 0 Å². The lowest BCUT2D eigenvalue weighted by Crippen LogP contribution is -2.27. The normalized spacial score (nSPS) is 20.0. The number of carbonyl (C=O) groups excluding carboxylic acids is 1. The highest BCUT2D eigenvalue weighted by Crippen LogP contribution is 2.33. The van der Waals surface area contributed by atoms with Crippen LogP contribution in [0.15, 0.2) is 41.4 Å². The monoisotopic (exact) mass is 379 g/mol. The largest absolute Gasteiger partial charge is 0.371 e. The summed E-state index contributed by atoms with van der Waals surface area (Å²) in [6.07, 6.45) is 8.07. The molecule has 0 spiro atoms. The number of benzene rings is 2. The van der Waals surface area contributed by atoms with Crippen molar-refractivity contribution in [2.75, 3.05) is 23.3 Å². The topological polar surface area (TPSA) is 44.7 Å². The van der Waals surface area contributed by atoms with E-state index in [0.717, 1.165) is 18.8 Å². The molecule has 0 saturated carbocycles. The maximum Gasteiger partial charge on any atom is 0.237 e. The Bertz CT molecular complexity index is 901. The Morgan fingerprint density at radius 1 is 1.07 bits per heavy atom. The summed E-state index contributed by atoms with van der Waals surface area (Å²) in [5.74, 6) is -1.07. The van der Waals surface area contributed by atoms with Crippen molar-refractivity contribution in [1.29, 1.82) is 0 Å². The number of hydrogen-bond acceptors (Lipinski definition) is 3.